The summed E-state index contributed by atoms with van der Waals surface area (Å²) in [6.07, 6.45) is 3.59. The van der Waals surface area contributed by atoms with Gasteiger partial charge in [-0.15, -0.1) is 0 Å². The third-order valence-electron chi connectivity index (χ3n) is 7.17. The van der Waals surface area contributed by atoms with Gasteiger partial charge in [0.25, 0.3) is 5.91 Å². The molecule has 0 aliphatic carbocycles. The number of aromatic nitrogens is 2. The zero-order valence-corrected chi connectivity index (χ0v) is 20.1. The van der Waals surface area contributed by atoms with Gasteiger partial charge in [-0.3, -0.25) is 9.48 Å². The maximum atomic E-state index is 13.1. The fourth-order valence-corrected chi connectivity index (χ4v) is 5.33. The van der Waals surface area contributed by atoms with Crippen LogP contribution in [0.2, 0.25) is 0 Å². The van der Waals surface area contributed by atoms with Gasteiger partial charge in [0, 0.05) is 26.3 Å². The lowest BCUT2D eigenvalue weighted by Gasteiger charge is -2.36. The van der Waals surface area contributed by atoms with Crippen molar-refractivity contribution in [3.8, 4) is 6.07 Å². The van der Waals surface area contributed by atoms with Crippen LogP contribution in [0.3, 0.4) is 0 Å². The van der Waals surface area contributed by atoms with Gasteiger partial charge in [0.1, 0.15) is 0 Å². The fourth-order valence-electron chi connectivity index (χ4n) is 5.33. The van der Waals surface area contributed by atoms with Gasteiger partial charge in [0.2, 0.25) is 0 Å². The zero-order chi connectivity index (χ0) is 24.5. The molecule has 180 valence electrons. The van der Waals surface area contributed by atoms with Crippen LogP contribution in [0.4, 0.5) is 0 Å². The second kappa shape index (κ2) is 9.22. The Morgan fingerprint density at radius 1 is 1.35 bits per heavy atom. The van der Waals surface area contributed by atoms with Crippen molar-refractivity contribution in [1.29, 1.82) is 5.26 Å². The Labute approximate surface area is 199 Å². The first-order chi connectivity index (χ1) is 16.2. The quantitative estimate of drug-likeness (QED) is 0.677. The van der Waals surface area contributed by atoms with Crippen LogP contribution in [-0.4, -0.2) is 46.5 Å². The Hall–Kier alpha value is -3.18. The van der Waals surface area contributed by atoms with E-state index >= 15 is 0 Å². The topological polar surface area (TPSA) is 117 Å². The first-order valence-electron chi connectivity index (χ1n) is 11.9. The molecule has 0 radical (unpaired) electrons. The number of fused-ring (bicyclic) bond motifs is 1. The number of carbonyl (C=O) groups excluding carboxylic acids is 1. The Bertz CT molecular complexity index is 1150. The van der Waals surface area contributed by atoms with Crippen molar-refractivity contribution in [1.82, 2.24) is 15.1 Å². The molecule has 1 fully saturated rings. The molecule has 34 heavy (non-hydrogen) atoms. The number of nitriles is 1. The van der Waals surface area contributed by atoms with E-state index in [0.717, 1.165) is 30.7 Å². The summed E-state index contributed by atoms with van der Waals surface area (Å²) >= 11 is 0. The number of nitrogens with zero attached hydrogens (tertiary/aromatic N) is 3. The van der Waals surface area contributed by atoms with Gasteiger partial charge >= 0.3 is 5.97 Å². The van der Waals surface area contributed by atoms with Gasteiger partial charge in [-0.05, 0) is 60.6 Å². The van der Waals surface area contributed by atoms with E-state index in [0.29, 0.717) is 55.8 Å². The normalized spacial score (nSPS) is 17.5. The molecule has 2 aliphatic rings. The minimum Gasteiger partial charge on any atom is -0.478 e. The van der Waals surface area contributed by atoms with Crippen LogP contribution in [0.15, 0.2) is 18.2 Å². The molecular formula is C26H32N4O4. The number of ether oxygens (including phenoxy) is 1. The molecule has 0 bridgehead atoms. The van der Waals surface area contributed by atoms with E-state index in [1.165, 1.54) is 0 Å². The summed E-state index contributed by atoms with van der Waals surface area (Å²) in [6.45, 7) is 8.62. The number of rotatable bonds is 6. The number of carboxylic acids is 1. The predicted molar refractivity (Wildman–Crippen MR) is 126 cm³/mol. The van der Waals surface area contributed by atoms with E-state index in [2.05, 4.69) is 11.4 Å². The zero-order valence-electron chi connectivity index (χ0n) is 20.1. The summed E-state index contributed by atoms with van der Waals surface area (Å²) in [7, 11) is 0. The lowest BCUT2D eigenvalue weighted by Crippen LogP contribution is -2.41. The number of carboxylic acid groups (broad SMARTS) is 1. The van der Waals surface area contributed by atoms with Crippen LogP contribution in [0.25, 0.3) is 0 Å². The highest BCUT2D eigenvalue weighted by atomic mass is 16.5. The molecule has 1 aromatic carbocycles. The molecule has 3 heterocycles. The summed E-state index contributed by atoms with van der Waals surface area (Å²) in [5.74, 6) is -1.11. The van der Waals surface area contributed by atoms with Crippen molar-refractivity contribution in [2.75, 3.05) is 19.8 Å². The van der Waals surface area contributed by atoms with Crippen molar-refractivity contribution in [2.24, 2.45) is 10.8 Å². The number of amides is 1. The third kappa shape index (κ3) is 4.58. The lowest BCUT2D eigenvalue weighted by atomic mass is 9.76. The fraction of sp³-hybridized carbons (Fsp3) is 0.538. The van der Waals surface area contributed by atoms with Crippen molar-refractivity contribution in [3.63, 3.8) is 0 Å². The first kappa shape index (κ1) is 24.0. The largest absolute Gasteiger partial charge is 0.478 e. The summed E-state index contributed by atoms with van der Waals surface area (Å²) < 4.78 is 7.56. The average molecular weight is 465 g/mol. The molecule has 2 N–H and O–H groups in total. The molecular weight excluding hydrogens is 432 g/mol. The lowest BCUT2D eigenvalue weighted by molar-refractivity contribution is 0.0150. The molecule has 2 aliphatic heterocycles. The van der Waals surface area contributed by atoms with Crippen LogP contribution >= 0.6 is 0 Å². The molecule has 1 aromatic heterocycles. The van der Waals surface area contributed by atoms with Gasteiger partial charge in [-0.25, -0.2) is 4.79 Å². The number of hydrogen-bond acceptors (Lipinski definition) is 5. The predicted octanol–water partition coefficient (Wildman–Crippen LogP) is 3.37. The van der Waals surface area contributed by atoms with E-state index in [1.807, 2.05) is 25.5 Å². The Morgan fingerprint density at radius 3 is 2.74 bits per heavy atom. The molecule has 1 saturated heterocycles. The number of aromatic carboxylic acids is 1. The van der Waals surface area contributed by atoms with Crippen LogP contribution in [-0.2, 0) is 30.5 Å². The number of benzene rings is 1. The second-order valence-electron chi connectivity index (χ2n) is 10.3. The van der Waals surface area contributed by atoms with Gasteiger partial charge < -0.3 is 15.2 Å². The Balaban J connectivity index is 1.71. The SMILES string of the molecule is CCc1nn(CC(C)(C)Cc2c(C#N)cccc2C(=O)O)c2c1C(=O)NCC1(CCOCC1)C2. The highest BCUT2D eigenvalue weighted by Crippen LogP contribution is 2.38. The minimum atomic E-state index is -1.04. The van der Waals surface area contributed by atoms with Gasteiger partial charge in [0.15, 0.2) is 0 Å². The van der Waals surface area contributed by atoms with Gasteiger partial charge in [-0.1, -0.05) is 26.8 Å². The Morgan fingerprint density at radius 2 is 2.09 bits per heavy atom. The van der Waals surface area contributed by atoms with E-state index in [9.17, 15) is 20.0 Å². The monoisotopic (exact) mass is 464 g/mol. The summed E-state index contributed by atoms with van der Waals surface area (Å²) in [5.41, 5.74) is 3.04. The maximum absolute atomic E-state index is 13.1. The van der Waals surface area contributed by atoms with Crippen LogP contribution in [0.5, 0.6) is 0 Å². The summed E-state index contributed by atoms with van der Waals surface area (Å²) in [5, 5.41) is 27.3. The highest BCUT2D eigenvalue weighted by molar-refractivity contribution is 5.97. The van der Waals surface area contributed by atoms with E-state index in [1.54, 1.807) is 18.2 Å². The summed E-state index contributed by atoms with van der Waals surface area (Å²) in [4.78, 5) is 24.9. The number of nitrogens with one attached hydrogen (secondary N) is 1. The number of aryl methyl sites for hydroxylation is 1. The molecule has 1 amide bonds. The number of carbonyl (C=O) groups is 2. The molecule has 2 aromatic rings. The van der Waals surface area contributed by atoms with E-state index < -0.39 is 11.4 Å². The van der Waals surface area contributed by atoms with Crippen molar-refractivity contribution in [2.45, 2.75) is 59.4 Å². The minimum absolute atomic E-state index is 0.0457. The van der Waals surface area contributed by atoms with Crippen LogP contribution in [0, 0.1) is 22.2 Å². The number of hydrogen-bond donors (Lipinski definition) is 2. The van der Waals surface area contributed by atoms with Crippen LogP contribution < -0.4 is 5.32 Å². The highest BCUT2D eigenvalue weighted by Gasteiger charge is 2.40. The molecule has 4 rings (SSSR count). The van der Waals surface area contributed by atoms with Crippen molar-refractivity contribution < 1.29 is 19.4 Å². The van der Waals surface area contributed by atoms with Crippen molar-refractivity contribution in [3.05, 3.63) is 51.8 Å². The average Bonchev–Trinajstić information content (AvgIpc) is 3.06. The van der Waals surface area contributed by atoms with E-state index in [4.69, 9.17) is 9.84 Å². The first-order valence-corrected chi connectivity index (χ1v) is 11.9. The smallest absolute Gasteiger partial charge is 0.336 e. The second-order valence-corrected chi connectivity index (χ2v) is 10.3. The van der Waals surface area contributed by atoms with Crippen molar-refractivity contribution >= 4 is 11.9 Å². The molecule has 0 saturated carbocycles. The maximum Gasteiger partial charge on any atom is 0.336 e. The molecule has 0 unspecified atom stereocenters. The molecule has 8 nitrogen and oxygen atoms in total. The van der Waals surface area contributed by atoms with Crippen LogP contribution in [0.1, 0.15) is 76.8 Å². The molecule has 1 spiro atoms. The van der Waals surface area contributed by atoms with Gasteiger partial charge in [0.05, 0.1) is 34.1 Å². The Kier molecular flexibility index (Phi) is 6.50. The van der Waals surface area contributed by atoms with Gasteiger partial charge in [-0.2, -0.15) is 10.4 Å². The molecule has 8 heteroatoms. The third-order valence-corrected chi connectivity index (χ3v) is 7.17. The molecule has 0 atom stereocenters. The van der Waals surface area contributed by atoms with E-state index in [-0.39, 0.29) is 16.9 Å². The standard InChI is InChI=1S/C26H32N4O4/c1-4-20-22-21(13-26(15-28-23(22)31)8-10-34-11-9-26)30(29-20)16-25(2,3)12-19-17(14-27)6-5-7-18(19)24(32)33/h5-7H,4,8-13,15-16H2,1-3H3,(H,28,31)(H,32,33). The summed E-state index contributed by atoms with van der Waals surface area (Å²) in [6, 6.07) is 6.95.